The molecule has 0 saturated carbocycles. The minimum absolute atomic E-state index is 0. The number of morpholine rings is 1. The zero-order valence-electron chi connectivity index (χ0n) is 11.3. The van der Waals surface area contributed by atoms with Gasteiger partial charge in [0.2, 0.25) is 5.91 Å². The lowest BCUT2D eigenvalue weighted by molar-refractivity contribution is -0.126. The molecule has 2 N–H and O–H groups in total. The van der Waals surface area contributed by atoms with Crippen LogP contribution in [-0.4, -0.2) is 31.7 Å². The first-order valence-electron chi connectivity index (χ1n) is 6.25. The highest BCUT2D eigenvalue weighted by Crippen LogP contribution is 2.32. The molecule has 8 heteroatoms. The first-order valence-corrected chi connectivity index (χ1v) is 7.01. The fourth-order valence-electron chi connectivity index (χ4n) is 2.06. The number of carbonyl (C=O) groups is 1. The van der Waals surface area contributed by atoms with Crippen LogP contribution in [0.1, 0.15) is 18.5 Å². The molecule has 1 aromatic rings. The summed E-state index contributed by atoms with van der Waals surface area (Å²) >= 11 is 11.9. The number of nitrogens with one attached hydrogen (secondary N) is 2. The van der Waals surface area contributed by atoms with E-state index in [1.165, 1.54) is 12.1 Å². The molecular formula is C13H16Cl3FN2O2. The molecule has 1 aliphatic heterocycles. The molecule has 0 aromatic heterocycles. The summed E-state index contributed by atoms with van der Waals surface area (Å²) in [6.07, 6.45) is 0. The van der Waals surface area contributed by atoms with Gasteiger partial charge >= 0.3 is 0 Å². The van der Waals surface area contributed by atoms with E-state index in [1.807, 2.05) is 0 Å². The van der Waals surface area contributed by atoms with Gasteiger partial charge in [-0.1, -0.05) is 23.2 Å². The van der Waals surface area contributed by atoms with Crippen LogP contribution in [0.5, 0.6) is 0 Å². The maximum Gasteiger partial charge on any atom is 0.240 e. The molecule has 2 unspecified atom stereocenters. The Bertz CT molecular complexity index is 510. The van der Waals surface area contributed by atoms with Crippen LogP contribution < -0.4 is 10.6 Å². The van der Waals surface area contributed by atoms with Crippen molar-refractivity contribution in [1.29, 1.82) is 0 Å². The van der Waals surface area contributed by atoms with Crippen LogP contribution in [0.2, 0.25) is 10.0 Å². The summed E-state index contributed by atoms with van der Waals surface area (Å²) in [5.41, 5.74) is 0.374. The second-order valence-corrected chi connectivity index (χ2v) is 5.35. The molecule has 21 heavy (non-hydrogen) atoms. The molecule has 2 rings (SSSR count). The standard InChI is InChI=1S/C13H15Cl2FN2O2.ClH/c1-7(11-8(14)2-3-9(16)12(11)15)18-13(19)10-6-20-5-4-17-10;/h2-3,7,10,17H,4-6H2,1H3,(H,18,19);1H. The predicted molar refractivity (Wildman–Crippen MR) is 82.8 cm³/mol. The van der Waals surface area contributed by atoms with Gasteiger partial charge < -0.3 is 15.4 Å². The molecule has 0 spiro atoms. The minimum Gasteiger partial charge on any atom is -0.378 e. The first-order chi connectivity index (χ1) is 9.50. The maximum absolute atomic E-state index is 13.5. The van der Waals surface area contributed by atoms with Crippen LogP contribution in [0.4, 0.5) is 4.39 Å². The highest BCUT2D eigenvalue weighted by Gasteiger charge is 2.25. The molecule has 118 valence electrons. The molecule has 0 bridgehead atoms. The average molecular weight is 358 g/mol. The Hall–Kier alpha value is -0.590. The Kier molecular flexibility index (Phi) is 7.16. The van der Waals surface area contributed by atoms with E-state index in [-0.39, 0.29) is 23.3 Å². The zero-order chi connectivity index (χ0) is 14.7. The summed E-state index contributed by atoms with van der Waals surface area (Å²) in [7, 11) is 0. The van der Waals surface area contributed by atoms with Gasteiger partial charge in [0.05, 0.1) is 24.3 Å². The Balaban J connectivity index is 0.00000220. The van der Waals surface area contributed by atoms with Crippen molar-refractivity contribution in [2.45, 2.75) is 19.0 Å². The largest absolute Gasteiger partial charge is 0.378 e. The van der Waals surface area contributed by atoms with Crippen LogP contribution in [-0.2, 0) is 9.53 Å². The lowest BCUT2D eigenvalue weighted by atomic mass is 10.1. The quantitative estimate of drug-likeness (QED) is 0.818. The highest BCUT2D eigenvalue weighted by atomic mass is 35.5. The number of halogens is 4. The molecule has 4 nitrogen and oxygen atoms in total. The third-order valence-electron chi connectivity index (χ3n) is 3.11. The van der Waals surface area contributed by atoms with Crippen molar-refractivity contribution in [3.8, 4) is 0 Å². The third kappa shape index (κ3) is 4.44. The van der Waals surface area contributed by atoms with E-state index in [4.69, 9.17) is 27.9 Å². The second kappa shape index (κ2) is 8.15. The van der Waals surface area contributed by atoms with Gasteiger partial charge in [0.1, 0.15) is 11.9 Å². The van der Waals surface area contributed by atoms with Crippen molar-refractivity contribution >= 4 is 41.5 Å². The summed E-state index contributed by atoms with van der Waals surface area (Å²) in [5.74, 6) is -0.792. The molecule has 1 fully saturated rings. The number of ether oxygens (including phenoxy) is 1. The number of hydrogen-bond donors (Lipinski definition) is 2. The van der Waals surface area contributed by atoms with Gasteiger partial charge in [-0.3, -0.25) is 4.79 Å². The topological polar surface area (TPSA) is 50.4 Å². The van der Waals surface area contributed by atoms with Gasteiger partial charge in [0, 0.05) is 17.1 Å². The van der Waals surface area contributed by atoms with E-state index in [0.29, 0.717) is 30.3 Å². The van der Waals surface area contributed by atoms with Crippen LogP contribution in [0.3, 0.4) is 0 Å². The normalized spacial score (nSPS) is 19.5. The number of hydrogen-bond acceptors (Lipinski definition) is 3. The summed E-state index contributed by atoms with van der Waals surface area (Å²) in [4.78, 5) is 12.1. The van der Waals surface area contributed by atoms with Crippen molar-refractivity contribution in [1.82, 2.24) is 10.6 Å². The van der Waals surface area contributed by atoms with E-state index in [0.717, 1.165) is 0 Å². The monoisotopic (exact) mass is 356 g/mol. The van der Waals surface area contributed by atoms with Gasteiger partial charge in [-0.2, -0.15) is 0 Å². The summed E-state index contributed by atoms with van der Waals surface area (Å²) in [6.45, 7) is 3.21. The molecular weight excluding hydrogens is 342 g/mol. The van der Waals surface area contributed by atoms with Crippen LogP contribution in [0.25, 0.3) is 0 Å². The fourth-order valence-corrected chi connectivity index (χ4v) is 2.76. The Labute approximate surface area is 138 Å². The Morgan fingerprint density at radius 3 is 2.86 bits per heavy atom. The maximum atomic E-state index is 13.5. The van der Waals surface area contributed by atoms with Gasteiger partial charge in [0.25, 0.3) is 0 Å². The van der Waals surface area contributed by atoms with Crippen molar-refractivity contribution < 1.29 is 13.9 Å². The van der Waals surface area contributed by atoms with Gasteiger partial charge in [0.15, 0.2) is 0 Å². The smallest absolute Gasteiger partial charge is 0.240 e. The van der Waals surface area contributed by atoms with E-state index in [2.05, 4.69) is 10.6 Å². The minimum atomic E-state index is -0.564. The number of amides is 1. The van der Waals surface area contributed by atoms with Crippen LogP contribution >= 0.6 is 35.6 Å². The number of carbonyl (C=O) groups excluding carboxylic acids is 1. The lowest BCUT2D eigenvalue weighted by Gasteiger charge is -2.25. The van der Waals surface area contributed by atoms with E-state index in [9.17, 15) is 9.18 Å². The molecule has 0 radical (unpaired) electrons. The van der Waals surface area contributed by atoms with Gasteiger partial charge in [-0.15, -0.1) is 12.4 Å². The summed E-state index contributed by atoms with van der Waals surface area (Å²) < 4.78 is 18.7. The summed E-state index contributed by atoms with van der Waals surface area (Å²) in [6, 6.07) is 1.70. The number of benzene rings is 1. The Morgan fingerprint density at radius 1 is 1.52 bits per heavy atom. The molecule has 1 aromatic carbocycles. The Morgan fingerprint density at radius 2 is 2.24 bits per heavy atom. The van der Waals surface area contributed by atoms with Crippen molar-refractivity contribution in [3.05, 3.63) is 33.6 Å². The third-order valence-corrected chi connectivity index (χ3v) is 3.82. The summed E-state index contributed by atoms with van der Waals surface area (Å²) in [5, 5.41) is 6.04. The number of rotatable bonds is 3. The average Bonchev–Trinajstić information content (AvgIpc) is 2.44. The van der Waals surface area contributed by atoms with Gasteiger partial charge in [-0.25, -0.2) is 4.39 Å². The lowest BCUT2D eigenvalue weighted by Crippen LogP contribution is -2.51. The molecule has 2 atom stereocenters. The van der Waals surface area contributed by atoms with Gasteiger partial charge in [-0.05, 0) is 19.1 Å². The molecule has 1 amide bonds. The zero-order valence-corrected chi connectivity index (χ0v) is 13.6. The molecule has 1 heterocycles. The van der Waals surface area contributed by atoms with Crippen molar-refractivity contribution in [2.75, 3.05) is 19.8 Å². The van der Waals surface area contributed by atoms with E-state index in [1.54, 1.807) is 6.92 Å². The second-order valence-electron chi connectivity index (χ2n) is 4.57. The van der Waals surface area contributed by atoms with Crippen molar-refractivity contribution in [3.63, 3.8) is 0 Å². The molecule has 1 aliphatic rings. The first kappa shape index (κ1) is 18.5. The van der Waals surface area contributed by atoms with Crippen LogP contribution in [0, 0.1) is 5.82 Å². The fraction of sp³-hybridized carbons (Fsp3) is 0.462. The highest BCUT2D eigenvalue weighted by molar-refractivity contribution is 6.36. The van der Waals surface area contributed by atoms with Crippen molar-refractivity contribution in [2.24, 2.45) is 0 Å². The van der Waals surface area contributed by atoms with Crippen LogP contribution in [0.15, 0.2) is 12.1 Å². The van der Waals surface area contributed by atoms with E-state index >= 15 is 0 Å². The predicted octanol–water partition coefficient (Wildman–Crippen LogP) is 2.72. The molecule has 1 saturated heterocycles. The molecule has 0 aliphatic carbocycles. The SMILES string of the molecule is CC(NC(=O)C1COCCN1)c1c(Cl)ccc(F)c1Cl.Cl. The van der Waals surface area contributed by atoms with E-state index < -0.39 is 17.9 Å².